The van der Waals surface area contributed by atoms with Crippen molar-refractivity contribution in [3.8, 4) is 29.1 Å². The van der Waals surface area contributed by atoms with Gasteiger partial charge in [0.05, 0.1) is 25.9 Å². The Hall–Kier alpha value is -3.50. The molecule has 1 heterocycles. The third-order valence-electron chi connectivity index (χ3n) is 3.60. The lowest BCUT2D eigenvalue weighted by Crippen LogP contribution is -1.99. The van der Waals surface area contributed by atoms with E-state index in [0.717, 1.165) is 5.69 Å². The zero-order valence-electron chi connectivity index (χ0n) is 14.6. The summed E-state index contributed by atoms with van der Waals surface area (Å²) in [6.07, 6.45) is 0. The van der Waals surface area contributed by atoms with Crippen LogP contribution in [0.2, 0.25) is 5.15 Å². The topological polar surface area (TPSA) is 89.3 Å². The molecular formula is C19H15ClN4O3. The van der Waals surface area contributed by atoms with Crippen LogP contribution < -0.4 is 19.5 Å². The summed E-state index contributed by atoms with van der Waals surface area (Å²) in [4.78, 5) is 0. The summed E-state index contributed by atoms with van der Waals surface area (Å²) in [5.41, 5.74) is 1.31. The van der Waals surface area contributed by atoms with Gasteiger partial charge in [0.1, 0.15) is 0 Å². The quantitative estimate of drug-likeness (QED) is 0.668. The number of rotatable bonds is 6. The molecule has 1 aromatic heterocycles. The summed E-state index contributed by atoms with van der Waals surface area (Å²) >= 11 is 6.14. The molecule has 3 rings (SSSR count). The monoisotopic (exact) mass is 382 g/mol. The molecule has 0 saturated heterocycles. The maximum Gasteiger partial charge on any atom is 0.211 e. The number of halogens is 1. The Balaban J connectivity index is 1.89. The van der Waals surface area contributed by atoms with Crippen molar-refractivity contribution in [3.05, 3.63) is 59.2 Å². The van der Waals surface area contributed by atoms with Crippen LogP contribution >= 0.6 is 11.6 Å². The molecule has 2 aromatic carbocycles. The molecule has 1 N–H and O–H groups in total. The minimum absolute atomic E-state index is 0.0911. The van der Waals surface area contributed by atoms with Crippen molar-refractivity contribution >= 4 is 23.1 Å². The van der Waals surface area contributed by atoms with Crippen LogP contribution in [0.15, 0.2) is 48.5 Å². The molecule has 0 aliphatic carbocycles. The molecule has 27 heavy (non-hydrogen) atoms. The molecule has 0 aliphatic rings. The fourth-order valence-corrected chi connectivity index (χ4v) is 2.43. The summed E-state index contributed by atoms with van der Waals surface area (Å²) in [7, 11) is 3.07. The molecule has 0 bridgehead atoms. The van der Waals surface area contributed by atoms with E-state index >= 15 is 0 Å². The molecule has 0 fully saturated rings. The second-order valence-corrected chi connectivity index (χ2v) is 5.65. The predicted octanol–water partition coefficient (Wildman–Crippen LogP) is 4.55. The minimum Gasteiger partial charge on any atom is -0.493 e. The van der Waals surface area contributed by atoms with Gasteiger partial charge in [0.2, 0.25) is 5.75 Å². The number of nitriles is 1. The van der Waals surface area contributed by atoms with Crippen molar-refractivity contribution < 1.29 is 14.2 Å². The van der Waals surface area contributed by atoms with Gasteiger partial charge in [0.15, 0.2) is 28.2 Å². The average molecular weight is 383 g/mol. The second kappa shape index (κ2) is 8.25. The highest BCUT2D eigenvalue weighted by Crippen LogP contribution is 2.41. The summed E-state index contributed by atoms with van der Waals surface area (Å²) in [6.45, 7) is 0. The van der Waals surface area contributed by atoms with E-state index in [9.17, 15) is 0 Å². The van der Waals surface area contributed by atoms with E-state index in [4.69, 9.17) is 31.1 Å². The highest BCUT2D eigenvalue weighted by molar-refractivity contribution is 6.30. The standard InChI is InChI=1S/C19H15ClN4O3/c1-25-14-4-3-5-15(26-2)18(14)27-16-10-17(23-24-19(16)20)22-13-8-6-12(11-21)7-9-13/h3-10H,1-2H3,(H,22,23). The van der Waals surface area contributed by atoms with Crippen LogP contribution in [0.3, 0.4) is 0 Å². The zero-order valence-corrected chi connectivity index (χ0v) is 15.3. The van der Waals surface area contributed by atoms with E-state index in [-0.39, 0.29) is 10.9 Å². The van der Waals surface area contributed by atoms with Gasteiger partial charge in [-0.15, -0.1) is 10.2 Å². The molecule has 0 saturated carbocycles. The van der Waals surface area contributed by atoms with E-state index in [0.29, 0.717) is 28.6 Å². The minimum atomic E-state index is 0.0911. The van der Waals surface area contributed by atoms with Crippen LogP contribution in [-0.2, 0) is 0 Å². The van der Waals surface area contributed by atoms with Crippen molar-refractivity contribution in [1.29, 1.82) is 5.26 Å². The van der Waals surface area contributed by atoms with Crippen LogP contribution in [-0.4, -0.2) is 24.4 Å². The number of nitrogens with one attached hydrogen (secondary N) is 1. The molecule has 0 unspecified atom stereocenters. The zero-order chi connectivity index (χ0) is 19.2. The maximum atomic E-state index is 8.87. The van der Waals surface area contributed by atoms with Gasteiger partial charge in [0.25, 0.3) is 0 Å². The number of anilines is 2. The lowest BCUT2D eigenvalue weighted by atomic mass is 10.2. The molecular weight excluding hydrogens is 368 g/mol. The lowest BCUT2D eigenvalue weighted by molar-refractivity contribution is 0.346. The van der Waals surface area contributed by atoms with Crippen LogP contribution in [0.4, 0.5) is 11.5 Å². The highest BCUT2D eigenvalue weighted by Gasteiger charge is 2.16. The Kier molecular flexibility index (Phi) is 5.59. The Labute approximate surface area is 161 Å². The van der Waals surface area contributed by atoms with E-state index < -0.39 is 0 Å². The molecule has 8 heteroatoms. The predicted molar refractivity (Wildman–Crippen MR) is 101 cm³/mol. The molecule has 3 aromatic rings. The van der Waals surface area contributed by atoms with E-state index in [1.165, 1.54) is 14.2 Å². The van der Waals surface area contributed by atoms with Gasteiger partial charge in [-0.3, -0.25) is 0 Å². The summed E-state index contributed by atoms with van der Waals surface area (Å²) in [5, 5.41) is 20.0. The van der Waals surface area contributed by atoms with Crippen LogP contribution in [0, 0.1) is 11.3 Å². The Morgan fingerprint density at radius 1 is 0.963 bits per heavy atom. The summed E-state index contributed by atoms with van der Waals surface area (Å²) in [5.74, 6) is 2.06. The molecule has 0 amide bonds. The normalized spacial score (nSPS) is 10.0. The fourth-order valence-electron chi connectivity index (χ4n) is 2.30. The summed E-state index contributed by atoms with van der Waals surface area (Å²) in [6, 6.07) is 15.9. The van der Waals surface area contributed by atoms with Crippen molar-refractivity contribution in [3.63, 3.8) is 0 Å². The largest absolute Gasteiger partial charge is 0.493 e. The Morgan fingerprint density at radius 3 is 2.22 bits per heavy atom. The first-order chi connectivity index (χ1) is 13.1. The summed E-state index contributed by atoms with van der Waals surface area (Å²) < 4.78 is 16.5. The van der Waals surface area contributed by atoms with Gasteiger partial charge in [0, 0.05) is 11.8 Å². The van der Waals surface area contributed by atoms with Gasteiger partial charge >= 0.3 is 0 Å². The molecule has 7 nitrogen and oxygen atoms in total. The van der Waals surface area contributed by atoms with E-state index in [1.807, 2.05) is 0 Å². The number of methoxy groups -OCH3 is 2. The number of benzene rings is 2. The number of ether oxygens (including phenoxy) is 3. The number of nitrogens with zero attached hydrogens (tertiary/aromatic N) is 3. The van der Waals surface area contributed by atoms with Crippen molar-refractivity contribution in [1.82, 2.24) is 10.2 Å². The molecule has 0 aliphatic heterocycles. The number of para-hydroxylation sites is 1. The third-order valence-corrected chi connectivity index (χ3v) is 3.86. The van der Waals surface area contributed by atoms with Gasteiger partial charge in [-0.05, 0) is 36.4 Å². The average Bonchev–Trinajstić information content (AvgIpc) is 2.71. The van der Waals surface area contributed by atoms with Gasteiger partial charge < -0.3 is 19.5 Å². The van der Waals surface area contributed by atoms with Crippen LogP contribution in [0.1, 0.15) is 5.56 Å². The number of hydrogen-bond acceptors (Lipinski definition) is 7. The van der Waals surface area contributed by atoms with Crippen LogP contribution in [0.25, 0.3) is 0 Å². The third kappa shape index (κ3) is 4.19. The van der Waals surface area contributed by atoms with Crippen molar-refractivity contribution in [2.75, 3.05) is 19.5 Å². The Morgan fingerprint density at radius 2 is 1.63 bits per heavy atom. The Bertz CT molecular complexity index is 965. The second-order valence-electron chi connectivity index (χ2n) is 5.29. The van der Waals surface area contributed by atoms with Gasteiger partial charge in [-0.2, -0.15) is 5.26 Å². The first-order valence-electron chi connectivity index (χ1n) is 7.84. The van der Waals surface area contributed by atoms with E-state index in [2.05, 4.69) is 21.6 Å². The van der Waals surface area contributed by atoms with Gasteiger partial charge in [-0.25, -0.2) is 0 Å². The van der Waals surface area contributed by atoms with Crippen molar-refractivity contribution in [2.45, 2.75) is 0 Å². The first kappa shape index (κ1) is 18.3. The molecule has 0 radical (unpaired) electrons. The fraction of sp³-hybridized carbons (Fsp3) is 0.105. The lowest BCUT2D eigenvalue weighted by Gasteiger charge is -2.14. The smallest absolute Gasteiger partial charge is 0.211 e. The van der Waals surface area contributed by atoms with Gasteiger partial charge in [-0.1, -0.05) is 17.7 Å². The number of aromatic nitrogens is 2. The van der Waals surface area contributed by atoms with E-state index in [1.54, 1.807) is 48.5 Å². The highest BCUT2D eigenvalue weighted by atomic mass is 35.5. The first-order valence-corrected chi connectivity index (χ1v) is 8.21. The molecule has 136 valence electrons. The van der Waals surface area contributed by atoms with Crippen LogP contribution in [0.5, 0.6) is 23.0 Å². The number of hydrogen-bond donors (Lipinski definition) is 1. The molecule has 0 spiro atoms. The maximum absolute atomic E-state index is 8.87. The molecule has 0 atom stereocenters. The van der Waals surface area contributed by atoms with Crippen molar-refractivity contribution in [2.24, 2.45) is 0 Å². The SMILES string of the molecule is COc1cccc(OC)c1Oc1cc(Nc2ccc(C#N)cc2)nnc1Cl.